The maximum absolute atomic E-state index is 13.4. The lowest BCUT2D eigenvalue weighted by Gasteiger charge is -2.16. The minimum Gasteiger partial charge on any atom is -0.496 e. The maximum atomic E-state index is 13.4. The highest BCUT2D eigenvalue weighted by atomic mass is 32.2. The summed E-state index contributed by atoms with van der Waals surface area (Å²) >= 11 is 0. The Morgan fingerprint density at radius 1 is 0.939 bits per heavy atom. The fraction of sp³-hybridized carbons (Fsp3) is 0.0800. The average molecular weight is 463 g/mol. The van der Waals surface area contributed by atoms with Crippen LogP contribution in [0.5, 0.6) is 5.75 Å². The van der Waals surface area contributed by atoms with Gasteiger partial charge >= 0.3 is 0 Å². The van der Waals surface area contributed by atoms with Crippen molar-refractivity contribution in [1.82, 2.24) is 5.48 Å². The Bertz CT molecular complexity index is 1420. The minimum atomic E-state index is -4.08. The number of ether oxygens (including phenoxy) is 1. The molecule has 0 aliphatic carbocycles. The van der Waals surface area contributed by atoms with E-state index in [1.54, 1.807) is 41.9 Å². The van der Waals surface area contributed by atoms with E-state index < -0.39 is 15.9 Å². The topological polar surface area (TPSA) is 105 Å². The summed E-state index contributed by atoms with van der Waals surface area (Å²) in [5.41, 5.74) is 3.37. The summed E-state index contributed by atoms with van der Waals surface area (Å²) in [5, 5.41) is 10.4. The Morgan fingerprint density at radius 3 is 2.39 bits per heavy atom. The molecule has 0 saturated carbocycles. The Kier molecular flexibility index (Phi) is 6.30. The van der Waals surface area contributed by atoms with Crippen molar-refractivity contribution in [3.63, 3.8) is 0 Å². The van der Waals surface area contributed by atoms with Gasteiger partial charge in [0.2, 0.25) is 0 Å². The van der Waals surface area contributed by atoms with Crippen LogP contribution in [-0.2, 0) is 16.4 Å². The molecule has 0 heterocycles. The molecule has 4 aromatic rings. The van der Waals surface area contributed by atoms with Crippen molar-refractivity contribution in [2.75, 3.05) is 11.8 Å². The zero-order valence-corrected chi connectivity index (χ0v) is 18.6. The molecule has 1 amide bonds. The van der Waals surface area contributed by atoms with Gasteiger partial charge in [-0.1, -0.05) is 60.7 Å². The molecule has 0 saturated heterocycles. The highest BCUT2D eigenvalue weighted by molar-refractivity contribution is 7.92. The van der Waals surface area contributed by atoms with Crippen molar-refractivity contribution in [3.05, 3.63) is 102 Å². The van der Waals surface area contributed by atoms with E-state index in [2.05, 4.69) is 4.72 Å². The summed E-state index contributed by atoms with van der Waals surface area (Å²) in [7, 11) is -2.54. The summed E-state index contributed by atoms with van der Waals surface area (Å²) in [6.45, 7) is 0. The summed E-state index contributed by atoms with van der Waals surface area (Å²) in [4.78, 5) is 12.3. The van der Waals surface area contributed by atoms with Crippen molar-refractivity contribution in [2.24, 2.45) is 0 Å². The van der Waals surface area contributed by atoms with Crippen molar-refractivity contribution in [2.45, 2.75) is 11.3 Å². The van der Waals surface area contributed by atoms with Gasteiger partial charge in [0.05, 0.1) is 23.3 Å². The molecule has 0 aliphatic heterocycles. The number of hydroxylamine groups is 1. The van der Waals surface area contributed by atoms with Gasteiger partial charge in [0, 0.05) is 11.8 Å². The average Bonchev–Trinajstić information content (AvgIpc) is 2.84. The highest BCUT2D eigenvalue weighted by Crippen LogP contribution is 2.31. The Balaban J connectivity index is 1.78. The van der Waals surface area contributed by atoms with Gasteiger partial charge in [0.1, 0.15) is 5.75 Å². The van der Waals surface area contributed by atoms with Crippen LogP contribution in [0.15, 0.2) is 89.8 Å². The van der Waals surface area contributed by atoms with Crippen LogP contribution in [0.4, 0.5) is 5.69 Å². The number of carbonyl (C=O) groups excluding carboxylic acids is 1. The molecule has 8 heteroatoms. The highest BCUT2D eigenvalue weighted by Gasteiger charge is 2.22. The van der Waals surface area contributed by atoms with E-state index in [0.29, 0.717) is 23.1 Å². The molecule has 0 spiro atoms. The molecule has 0 bridgehead atoms. The number of nitrogens with one attached hydrogen (secondary N) is 2. The van der Waals surface area contributed by atoms with Crippen LogP contribution >= 0.6 is 0 Å². The molecular weight excluding hydrogens is 440 g/mol. The number of hydrogen-bond acceptors (Lipinski definition) is 5. The Morgan fingerprint density at radius 2 is 1.67 bits per heavy atom. The van der Waals surface area contributed by atoms with Crippen LogP contribution in [0, 0.1) is 0 Å². The molecular formula is C25H22N2O5S. The molecule has 4 aromatic carbocycles. The number of benzene rings is 4. The first-order valence-electron chi connectivity index (χ1n) is 10.1. The van der Waals surface area contributed by atoms with E-state index in [-0.39, 0.29) is 16.1 Å². The minimum absolute atomic E-state index is 0.00204. The number of rotatable bonds is 7. The molecule has 0 unspecified atom stereocenters. The normalized spacial score (nSPS) is 11.2. The van der Waals surface area contributed by atoms with Crippen LogP contribution < -0.4 is 14.9 Å². The number of methoxy groups -OCH3 is 1. The van der Waals surface area contributed by atoms with Gasteiger partial charge in [-0.05, 0) is 40.8 Å². The lowest BCUT2D eigenvalue weighted by molar-refractivity contribution is 0.0707. The standard InChI is InChI=1S/C25H22N2O5S/c1-32-23-14-12-20(16-19(23)15-17-7-3-2-4-8-17)33(30,31)27-24-21-10-6-5-9-18(21)11-13-22(24)25(28)26-29/h2-14,16,27,29H,15H2,1H3,(H,26,28). The third kappa shape index (κ3) is 4.67. The predicted octanol–water partition coefficient (Wildman–Crippen LogP) is 4.36. The van der Waals surface area contributed by atoms with Crippen LogP contribution in [0.1, 0.15) is 21.5 Å². The Labute approximate surface area is 191 Å². The van der Waals surface area contributed by atoms with Crippen LogP contribution in [-0.4, -0.2) is 26.6 Å². The second-order valence-electron chi connectivity index (χ2n) is 7.39. The number of fused-ring (bicyclic) bond motifs is 1. The zero-order valence-electron chi connectivity index (χ0n) is 17.8. The van der Waals surface area contributed by atoms with Crippen molar-refractivity contribution >= 4 is 32.4 Å². The zero-order chi connectivity index (χ0) is 23.4. The van der Waals surface area contributed by atoms with E-state index in [9.17, 15) is 13.2 Å². The molecule has 33 heavy (non-hydrogen) atoms. The summed E-state index contributed by atoms with van der Waals surface area (Å²) < 4.78 is 34.7. The molecule has 0 aromatic heterocycles. The van der Waals surface area contributed by atoms with E-state index >= 15 is 0 Å². The largest absolute Gasteiger partial charge is 0.496 e. The van der Waals surface area contributed by atoms with E-state index in [4.69, 9.17) is 9.94 Å². The monoisotopic (exact) mass is 462 g/mol. The second-order valence-corrected chi connectivity index (χ2v) is 9.07. The van der Waals surface area contributed by atoms with Gasteiger partial charge < -0.3 is 4.74 Å². The summed E-state index contributed by atoms with van der Waals surface area (Å²) in [6, 6.07) is 24.5. The van der Waals surface area contributed by atoms with Crippen LogP contribution in [0.3, 0.4) is 0 Å². The maximum Gasteiger partial charge on any atom is 0.276 e. The molecule has 0 atom stereocenters. The molecule has 0 radical (unpaired) electrons. The van der Waals surface area contributed by atoms with Crippen molar-refractivity contribution in [3.8, 4) is 5.75 Å². The molecule has 168 valence electrons. The number of amides is 1. The quantitative estimate of drug-likeness (QED) is 0.280. The van der Waals surface area contributed by atoms with Gasteiger partial charge in [-0.2, -0.15) is 0 Å². The predicted molar refractivity (Wildman–Crippen MR) is 126 cm³/mol. The lowest BCUT2D eigenvalue weighted by Crippen LogP contribution is -2.22. The summed E-state index contributed by atoms with van der Waals surface area (Å²) in [6.07, 6.45) is 0.486. The van der Waals surface area contributed by atoms with Crippen molar-refractivity contribution in [1.29, 1.82) is 0 Å². The Hall–Kier alpha value is -3.88. The first-order chi connectivity index (χ1) is 15.9. The third-order valence-electron chi connectivity index (χ3n) is 5.31. The number of carbonyl (C=O) groups is 1. The fourth-order valence-electron chi connectivity index (χ4n) is 3.70. The fourth-order valence-corrected chi connectivity index (χ4v) is 4.85. The SMILES string of the molecule is COc1ccc(S(=O)(=O)Nc2c(C(=O)NO)ccc3ccccc23)cc1Cc1ccccc1. The molecule has 4 rings (SSSR count). The van der Waals surface area contributed by atoms with E-state index in [1.165, 1.54) is 19.2 Å². The molecule has 0 fully saturated rings. The van der Waals surface area contributed by atoms with Gasteiger partial charge in [-0.3, -0.25) is 14.7 Å². The van der Waals surface area contributed by atoms with Gasteiger partial charge in [0.15, 0.2) is 0 Å². The van der Waals surface area contributed by atoms with E-state index in [0.717, 1.165) is 10.9 Å². The smallest absolute Gasteiger partial charge is 0.276 e. The second kappa shape index (κ2) is 9.32. The van der Waals surface area contributed by atoms with Crippen molar-refractivity contribution < 1.29 is 23.2 Å². The lowest BCUT2D eigenvalue weighted by atomic mass is 10.0. The third-order valence-corrected chi connectivity index (χ3v) is 6.66. The number of anilines is 1. The molecule has 0 aliphatic rings. The van der Waals surface area contributed by atoms with Gasteiger partial charge in [-0.25, -0.2) is 13.9 Å². The first kappa shape index (κ1) is 22.3. The summed E-state index contributed by atoms with van der Waals surface area (Å²) in [5.74, 6) is -0.249. The number of sulfonamides is 1. The van der Waals surface area contributed by atoms with E-state index in [1.807, 2.05) is 36.4 Å². The first-order valence-corrected chi connectivity index (χ1v) is 11.6. The van der Waals surface area contributed by atoms with Crippen LogP contribution in [0.25, 0.3) is 10.8 Å². The van der Waals surface area contributed by atoms with Crippen LogP contribution in [0.2, 0.25) is 0 Å². The molecule has 3 N–H and O–H groups in total. The molecule has 7 nitrogen and oxygen atoms in total. The number of hydrogen-bond donors (Lipinski definition) is 3. The van der Waals surface area contributed by atoms with Gasteiger partial charge in [0.25, 0.3) is 15.9 Å². The van der Waals surface area contributed by atoms with Gasteiger partial charge in [-0.15, -0.1) is 0 Å².